The number of piperidine rings is 1. The first-order valence-electron chi connectivity index (χ1n) is 25.7. The van der Waals surface area contributed by atoms with E-state index in [1.807, 2.05) is 74.5 Å². The van der Waals surface area contributed by atoms with E-state index in [0.717, 1.165) is 11.1 Å². The molecule has 20 heteroatoms. The molecule has 412 valence electrons. The van der Waals surface area contributed by atoms with Crippen molar-refractivity contribution < 1.29 is 57.3 Å². The van der Waals surface area contributed by atoms with Gasteiger partial charge in [0.2, 0.25) is 17.7 Å². The number of likely N-dealkylation sites (tertiary alicyclic amines) is 1. The van der Waals surface area contributed by atoms with Gasteiger partial charge in [-0.2, -0.15) is 0 Å². The molecule has 0 bridgehead atoms. The first-order chi connectivity index (χ1) is 34.6. The molecule has 0 unspecified atom stereocenters. The van der Waals surface area contributed by atoms with Gasteiger partial charge in [-0.3, -0.25) is 14.4 Å². The minimum Gasteiger partial charge on any atom is -0.464 e. The summed E-state index contributed by atoms with van der Waals surface area (Å²) >= 11 is 0. The second kappa shape index (κ2) is 28.7. The van der Waals surface area contributed by atoms with Gasteiger partial charge in [-0.25, -0.2) is 24.0 Å². The first kappa shape index (κ1) is 61.7. The summed E-state index contributed by atoms with van der Waals surface area (Å²) in [5.41, 5.74) is -2.21. The molecular weight excluding hydrogens is 953 g/mol. The molecule has 0 saturated carbocycles. The number of ether oxygens (including phenoxy) is 4. The van der Waals surface area contributed by atoms with Crippen molar-refractivity contribution in [3.63, 3.8) is 0 Å². The van der Waals surface area contributed by atoms with Gasteiger partial charge in [0, 0.05) is 45.7 Å². The maximum absolute atomic E-state index is 14.6. The zero-order valence-electron chi connectivity index (χ0n) is 45.8. The number of esters is 1. The number of hydrogen-bond acceptors (Lipinski definition) is 12. The SMILES string of the molecule is CCOC(=O)C1(NC(=O)OC(C)(C)C)CCN(C(=O)[C@@H](CCCCNC(=O)OC(C)(C)C)NC(=O)[C@@H](CC(C)C)NC(=O)[C@@H](Cc2ccccc2)NC(=O)N(CCNC(=O)OC(C)(C)C)Cc2ccccc2)CC1. The molecule has 6 N–H and O–H groups in total. The monoisotopic (exact) mass is 1040 g/mol. The number of unbranched alkanes of at least 4 members (excludes halogenated alkanes) is 1. The average molecular weight is 1040 g/mol. The predicted molar refractivity (Wildman–Crippen MR) is 280 cm³/mol. The summed E-state index contributed by atoms with van der Waals surface area (Å²) in [6, 6.07) is 14.3. The van der Waals surface area contributed by atoms with E-state index >= 15 is 0 Å². The Kier molecular flexibility index (Phi) is 24.0. The molecule has 2 aromatic carbocycles. The fourth-order valence-electron chi connectivity index (χ4n) is 7.92. The summed E-state index contributed by atoms with van der Waals surface area (Å²) in [6.45, 7) is 21.6. The topological polar surface area (TPSA) is 252 Å². The Bertz CT molecular complexity index is 2150. The van der Waals surface area contributed by atoms with Crippen LogP contribution in [0.15, 0.2) is 60.7 Å². The largest absolute Gasteiger partial charge is 0.464 e. The maximum atomic E-state index is 14.6. The Morgan fingerprint density at radius 2 is 1.14 bits per heavy atom. The molecule has 1 aliphatic heterocycles. The molecule has 0 radical (unpaired) electrons. The molecule has 1 saturated heterocycles. The highest BCUT2D eigenvalue weighted by Crippen LogP contribution is 2.26. The van der Waals surface area contributed by atoms with Crippen LogP contribution >= 0.6 is 0 Å². The number of amides is 8. The van der Waals surface area contributed by atoms with Crippen LogP contribution in [-0.4, -0.2) is 138 Å². The van der Waals surface area contributed by atoms with Crippen LogP contribution in [0.5, 0.6) is 0 Å². The zero-order chi connectivity index (χ0) is 55.3. The van der Waals surface area contributed by atoms with Crippen LogP contribution < -0.4 is 31.9 Å². The summed E-state index contributed by atoms with van der Waals surface area (Å²) in [5.74, 6) is -2.50. The number of carbonyl (C=O) groups excluding carboxylic acids is 8. The van der Waals surface area contributed by atoms with Crippen LogP contribution in [0.2, 0.25) is 0 Å². The third kappa shape index (κ3) is 23.1. The molecule has 8 amide bonds. The van der Waals surface area contributed by atoms with Crippen molar-refractivity contribution in [2.24, 2.45) is 5.92 Å². The molecule has 0 aliphatic carbocycles. The Morgan fingerprint density at radius 3 is 1.66 bits per heavy atom. The number of alkyl carbamates (subject to hydrolysis) is 3. The lowest BCUT2D eigenvalue weighted by molar-refractivity contribution is -0.155. The van der Waals surface area contributed by atoms with Crippen molar-refractivity contribution in [1.82, 2.24) is 41.7 Å². The van der Waals surface area contributed by atoms with E-state index in [4.69, 9.17) is 18.9 Å². The summed E-state index contributed by atoms with van der Waals surface area (Å²) in [7, 11) is 0. The fourth-order valence-corrected chi connectivity index (χ4v) is 7.92. The van der Waals surface area contributed by atoms with E-state index in [-0.39, 0.29) is 83.9 Å². The van der Waals surface area contributed by atoms with Gasteiger partial charge >= 0.3 is 30.3 Å². The number of rotatable bonds is 23. The summed E-state index contributed by atoms with van der Waals surface area (Å²) in [5, 5.41) is 16.8. The van der Waals surface area contributed by atoms with Gasteiger partial charge in [0.1, 0.15) is 40.5 Å². The summed E-state index contributed by atoms with van der Waals surface area (Å²) in [4.78, 5) is 112. The molecule has 1 fully saturated rings. The lowest BCUT2D eigenvalue weighted by Crippen LogP contribution is -2.63. The lowest BCUT2D eigenvalue weighted by atomic mass is 9.87. The van der Waals surface area contributed by atoms with E-state index in [9.17, 15) is 38.4 Å². The van der Waals surface area contributed by atoms with Gasteiger partial charge < -0.3 is 60.6 Å². The van der Waals surface area contributed by atoms with Crippen LogP contribution in [0.1, 0.15) is 133 Å². The van der Waals surface area contributed by atoms with Crippen LogP contribution in [0.3, 0.4) is 0 Å². The summed E-state index contributed by atoms with van der Waals surface area (Å²) < 4.78 is 21.6. The fraction of sp³-hybridized carbons (Fsp3) is 0.630. The average Bonchev–Trinajstić information content (AvgIpc) is 3.29. The van der Waals surface area contributed by atoms with Gasteiger partial charge in [-0.1, -0.05) is 74.5 Å². The molecule has 3 rings (SSSR count). The quantitative estimate of drug-likeness (QED) is 0.0397. The molecule has 2 aromatic rings. The number of urea groups is 1. The minimum atomic E-state index is -1.48. The normalized spacial score (nSPS) is 14.7. The Balaban J connectivity index is 1.91. The third-order valence-corrected chi connectivity index (χ3v) is 11.3. The Morgan fingerprint density at radius 1 is 0.635 bits per heavy atom. The third-order valence-electron chi connectivity index (χ3n) is 11.3. The van der Waals surface area contributed by atoms with Crippen molar-refractivity contribution >= 4 is 48.0 Å². The molecule has 3 atom stereocenters. The second-order valence-corrected chi connectivity index (χ2v) is 22.0. The molecule has 74 heavy (non-hydrogen) atoms. The van der Waals surface area contributed by atoms with Crippen LogP contribution in [0.4, 0.5) is 19.2 Å². The van der Waals surface area contributed by atoms with E-state index in [0.29, 0.717) is 12.8 Å². The van der Waals surface area contributed by atoms with Gasteiger partial charge in [-0.15, -0.1) is 0 Å². The number of nitrogens with one attached hydrogen (secondary N) is 6. The Hall–Kier alpha value is -6.60. The van der Waals surface area contributed by atoms with Crippen LogP contribution in [0.25, 0.3) is 0 Å². The second-order valence-electron chi connectivity index (χ2n) is 22.0. The standard InChI is InChI=1S/C54H84N8O12/c1-13-71-46(66)54(60-50(70)74-53(10,11)12)27-31-61(32-28-54)45(65)40(26-20-21-29-55-48(68)72-51(4,5)6)57-43(63)41(34-37(2)3)58-44(64)42(35-38-22-16-14-17-23-38)59-47(67)62(36-39-24-18-15-19-25-39)33-30-56-49(69)73-52(7,8)9/h14-19,22-25,37,40-42H,13,20-21,26-36H2,1-12H3,(H,55,68)(H,56,69)(H,57,63)(H,58,64)(H,59,67)(H,60,70)/t40-,41-,42-/m1/s1. The molecule has 0 aromatic heterocycles. The predicted octanol–water partition coefficient (Wildman–Crippen LogP) is 6.49. The summed E-state index contributed by atoms with van der Waals surface area (Å²) in [6.07, 6.45) is -0.862. The van der Waals surface area contributed by atoms with Gasteiger partial charge in [-0.05, 0) is 125 Å². The molecular formula is C54H84N8O12. The van der Waals surface area contributed by atoms with Crippen molar-refractivity contribution in [1.29, 1.82) is 0 Å². The van der Waals surface area contributed by atoms with Crippen molar-refractivity contribution in [3.05, 3.63) is 71.8 Å². The van der Waals surface area contributed by atoms with E-state index in [1.54, 1.807) is 69.2 Å². The van der Waals surface area contributed by atoms with E-state index < -0.39 is 88.5 Å². The van der Waals surface area contributed by atoms with Gasteiger partial charge in [0.25, 0.3) is 0 Å². The molecule has 0 spiro atoms. The van der Waals surface area contributed by atoms with Gasteiger partial charge in [0.05, 0.1) is 6.61 Å². The van der Waals surface area contributed by atoms with Crippen molar-refractivity contribution in [2.45, 2.75) is 175 Å². The van der Waals surface area contributed by atoms with E-state index in [2.05, 4.69) is 31.9 Å². The highest BCUT2D eigenvalue weighted by molar-refractivity contribution is 5.94. The van der Waals surface area contributed by atoms with E-state index in [1.165, 1.54) is 9.80 Å². The highest BCUT2D eigenvalue weighted by atomic mass is 16.6. The number of benzene rings is 2. The smallest absolute Gasteiger partial charge is 0.408 e. The zero-order valence-corrected chi connectivity index (χ0v) is 45.8. The van der Waals surface area contributed by atoms with Crippen LogP contribution in [0, 0.1) is 5.92 Å². The van der Waals surface area contributed by atoms with Crippen molar-refractivity contribution in [2.75, 3.05) is 39.3 Å². The first-order valence-corrected chi connectivity index (χ1v) is 25.7. The number of carbonyl (C=O) groups is 8. The molecule has 20 nitrogen and oxygen atoms in total. The minimum absolute atomic E-state index is 0.000869. The highest BCUT2D eigenvalue weighted by Gasteiger charge is 2.46. The van der Waals surface area contributed by atoms with Crippen molar-refractivity contribution in [3.8, 4) is 0 Å². The molecule has 1 aliphatic rings. The maximum Gasteiger partial charge on any atom is 0.408 e. The molecule has 1 heterocycles. The van der Waals surface area contributed by atoms with Crippen LogP contribution in [-0.2, 0) is 51.1 Å². The number of nitrogens with zero attached hydrogens (tertiary/aromatic N) is 2. The Labute approximate surface area is 437 Å². The number of hydrogen-bond donors (Lipinski definition) is 6. The lowest BCUT2D eigenvalue weighted by Gasteiger charge is -2.41. The van der Waals surface area contributed by atoms with Gasteiger partial charge in [0.15, 0.2) is 0 Å².